The molecule has 4 amide bonds. The lowest BCUT2D eigenvalue weighted by molar-refractivity contribution is -0.150. The van der Waals surface area contributed by atoms with E-state index in [1.807, 2.05) is 19.1 Å². The standard InChI is InChI=1S/C39H52N4O4/c1-6-32(44)41-26-13-9-24-11-15-30-36(2,28(24)21-26)17-7-19-38(30,4)34(46)43-35(47)39(5)20-8-18-37(3)29-22-27(42-33(45)23-40)14-10-25(29)12-16-31(37)39/h9-10,13-14,21-22,30-31H,6-8,11-12,15-20,23,40H2,1-5H3,(H,41,44)(H,42,45)(H,43,46,47)/t30?,31-,36-,37-,38+,39+/m1/s1. The SMILES string of the molecule is CCC(=O)Nc1ccc2c(c1)[C@@]1(C)CCC[C@](C)(C(=O)NC(=O)[C@@]3(C)CCC[C@]4(C)c5cc(NC(=O)CN)ccc5CC[C@@H]34)C1CC2. The van der Waals surface area contributed by atoms with Gasteiger partial charge in [-0.3, -0.25) is 24.5 Å². The summed E-state index contributed by atoms with van der Waals surface area (Å²) >= 11 is 0. The van der Waals surface area contributed by atoms with Crippen LogP contribution in [0.2, 0.25) is 0 Å². The van der Waals surface area contributed by atoms with E-state index in [4.69, 9.17) is 5.73 Å². The Morgan fingerprint density at radius 3 is 1.57 bits per heavy atom. The first-order chi connectivity index (χ1) is 22.3. The second-order valence-corrected chi connectivity index (χ2v) is 15.7. The molecule has 0 spiro atoms. The van der Waals surface area contributed by atoms with Crippen LogP contribution in [0.5, 0.6) is 0 Å². The number of hydrogen-bond donors (Lipinski definition) is 4. The fourth-order valence-corrected chi connectivity index (χ4v) is 10.5. The summed E-state index contributed by atoms with van der Waals surface area (Å²) < 4.78 is 0. The number of rotatable bonds is 6. The lowest BCUT2D eigenvalue weighted by Gasteiger charge is -2.56. The van der Waals surface area contributed by atoms with Crippen LogP contribution in [-0.4, -0.2) is 30.2 Å². The smallest absolute Gasteiger partial charge is 0.238 e. The van der Waals surface area contributed by atoms with E-state index in [0.717, 1.165) is 75.6 Å². The van der Waals surface area contributed by atoms with Gasteiger partial charge < -0.3 is 16.4 Å². The highest BCUT2D eigenvalue weighted by atomic mass is 16.2. The zero-order chi connectivity index (χ0) is 33.8. The van der Waals surface area contributed by atoms with E-state index in [0.29, 0.717) is 6.42 Å². The van der Waals surface area contributed by atoms with E-state index in [1.165, 1.54) is 22.3 Å². The quantitative estimate of drug-likeness (QED) is 0.276. The molecule has 0 heterocycles. The minimum atomic E-state index is -0.698. The third kappa shape index (κ3) is 5.50. The van der Waals surface area contributed by atoms with Crippen LogP contribution in [0.1, 0.15) is 115 Å². The zero-order valence-electron chi connectivity index (χ0n) is 28.8. The third-order valence-corrected chi connectivity index (χ3v) is 13.1. The van der Waals surface area contributed by atoms with Crippen molar-refractivity contribution in [3.8, 4) is 0 Å². The van der Waals surface area contributed by atoms with Crippen LogP contribution in [0, 0.1) is 22.7 Å². The van der Waals surface area contributed by atoms with Crippen molar-refractivity contribution < 1.29 is 19.2 Å². The summed E-state index contributed by atoms with van der Waals surface area (Å²) in [6.07, 6.45) is 9.11. The molecule has 2 aromatic rings. The average Bonchev–Trinajstić information content (AvgIpc) is 3.04. The van der Waals surface area contributed by atoms with Crippen molar-refractivity contribution in [2.45, 2.75) is 116 Å². The number of carbonyl (C=O) groups excluding carboxylic acids is 4. The minimum absolute atomic E-state index is 0.0126. The monoisotopic (exact) mass is 640 g/mol. The van der Waals surface area contributed by atoms with Gasteiger partial charge in [0.15, 0.2) is 0 Å². The van der Waals surface area contributed by atoms with Crippen LogP contribution < -0.4 is 21.7 Å². The molecule has 0 saturated heterocycles. The van der Waals surface area contributed by atoms with Gasteiger partial charge in [0.25, 0.3) is 0 Å². The minimum Gasteiger partial charge on any atom is -0.326 e. The first kappa shape index (κ1) is 33.4. The van der Waals surface area contributed by atoms with Crippen LogP contribution in [0.15, 0.2) is 36.4 Å². The summed E-state index contributed by atoms with van der Waals surface area (Å²) in [4.78, 5) is 53.1. The topological polar surface area (TPSA) is 130 Å². The number of hydrogen-bond acceptors (Lipinski definition) is 5. The molecule has 2 aromatic carbocycles. The number of amides is 4. The Labute approximate surface area is 279 Å². The summed E-state index contributed by atoms with van der Waals surface area (Å²) in [5.74, 6) is -0.396. The summed E-state index contributed by atoms with van der Waals surface area (Å²) in [6.45, 7) is 10.5. The molecule has 2 fully saturated rings. The second-order valence-electron chi connectivity index (χ2n) is 15.7. The number of anilines is 2. The van der Waals surface area contributed by atoms with E-state index in [1.54, 1.807) is 0 Å². The molecule has 0 aromatic heterocycles. The maximum atomic E-state index is 14.5. The molecule has 5 N–H and O–H groups in total. The van der Waals surface area contributed by atoms with Crippen LogP contribution in [0.25, 0.3) is 0 Å². The van der Waals surface area contributed by atoms with Gasteiger partial charge in [-0.25, -0.2) is 0 Å². The predicted octanol–water partition coefficient (Wildman–Crippen LogP) is 6.30. The summed E-state index contributed by atoms with van der Waals surface area (Å²) in [5, 5.41) is 8.96. The highest BCUT2D eigenvalue weighted by Gasteiger charge is 2.58. The predicted molar refractivity (Wildman–Crippen MR) is 185 cm³/mol. The van der Waals surface area contributed by atoms with E-state index in [2.05, 4.69) is 67.9 Å². The Morgan fingerprint density at radius 1 is 0.702 bits per heavy atom. The molecular weight excluding hydrogens is 588 g/mol. The van der Waals surface area contributed by atoms with Gasteiger partial charge in [0.2, 0.25) is 23.6 Å². The zero-order valence-corrected chi connectivity index (χ0v) is 28.8. The third-order valence-electron chi connectivity index (χ3n) is 13.1. The Morgan fingerprint density at radius 2 is 1.15 bits per heavy atom. The second kappa shape index (κ2) is 12.2. The summed E-state index contributed by atoms with van der Waals surface area (Å²) in [5.41, 5.74) is 10.2. The Balaban J connectivity index is 1.25. The van der Waals surface area contributed by atoms with Gasteiger partial charge in [0.05, 0.1) is 17.4 Å². The Hall–Kier alpha value is -3.52. The molecule has 4 aliphatic rings. The van der Waals surface area contributed by atoms with Gasteiger partial charge in [0.1, 0.15) is 0 Å². The number of aryl methyl sites for hydroxylation is 2. The molecule has 6 rings (SSSR count). The van der Waals surface area contributed by atoms with Gasteiger partial charge in [0, 0.05) is 17.8 Å². The number of nitrogens with two attached hydrogens (primary N) is 1. The first-order valence-electron chi connectivity index (χ1n) is 17.7. The molecule has 8 heteroatoms. The summed E-state index contributed by atoms with van der Waals surface area (Å²) in [7, 11) is 0. The fraction of sp³-hybridized carbons (Fsp3) is 0.590. The maximum absolute atomic E-state index is 14.5. The van der Waals surface area contributed by atoms with Crippen molar-refractivity contribution in [1.29, 1.82) is 0 Å². The Kier molecular flexibility index (Phi) is 8.65. The molecule has 4 aliphatic carbocycles. The van der Waals surface area contributed by atoms with Crippen molar-refractivity contribution >= 4 is 35.0 Å². The number of benzene rings is 2. The van der Waals surface area contributed by atoms with Crippen molar-refractivity contribution in [2.24, 2.45) is 28.4 Å². The maximum Gasteiger partial charge on any atom is 0.238 e. The number of fused-ring (bicyclic) bond motifs is 6. The first-order valence-corrected chi connectivity index (χ1v) is 17.7. The molecule has 2 saturated carbocycles. The Bertz CT molecular complexity index is 1500. The molecule has 0 radical (unpaired) electrons. The highest BCUT2D eigenvalue weighted by Crippen LogP contribution is 2.59. The van der Waals surface area contributed by atoms with Crippen molar-refractivity contribution in [3.63, 3.8) is 0 Å². The van der Waals surface area contributed by atoms with Gasteiger partial charge >= 0.3 is 0 Å². The van der Waals surface area contributed by atoms with E-state index in [9.17, 15) is 19.2 Å². The average molecular weight is 641 g/mol. The lowest BCUT2D eigenvalue weighted by Crippen LogP contribution is -2.60. The van der Waals surface area contributed by atoms with Crippen molar-refractivity contribution in [2.75, 3.05) is 17.2 Å². The normalized spacial score (nSPS) is 32.5. The van der Waals surface area contributed by atoms with Crippen LogP contribution >= 0.6 is 0 Å². The molecule has 252 valence electrons. The van der Waals surface area contributed by atoms with Gasteiger partial charge in [-0.05, 0) is 121 Å². The van der Waals surface area contributed by atoms with Crippen molar-refractivity contribution in [1.82, 2.24) is 5.32 Å². The summed E-state index contributed by atoms with van der Waals surface area (Å²) in [6, 6.07) is 12.4. The number of imide groups is 1. The molecule has 0 bridgehead atoms. The van der Waals surface area contributed by atoms with E-state index < -0.39 is 10.8 Å². The van der Waals surface area contributed by atoms with E-state index in [-0.39, 0.29) is 52.8 Å². The molecule has 8 nitrogen and oxygen atoms in total. The van der Waals surface area contributed by atoms with Crippen molar-refractivity contribution in [3.05, 3.63) is 58.7 Å². The largest absolute Gasteiger partial charge is 0.326 e. The fourth-order valence-electron chi connectivity index (χ4n) is 10.5. The molecule has 47 heavy (non-hydrogen) atoms. The number of nitrogens with one attached hydrogen (secondary N) is 3. The highest BCUT2D eigenvalue weighted by molar-refractivity contribution is 6.01. The van der Waals surface area contributed by atoms with Crippen LogP contribution in [0.4, 0.5) is 11.4 Å². The van der Waals surface area contributed by atoms with E-state index >= 15 is 0 Å². The molecule has 0 aliphatic heterocycles. The molecular formula is C39H52N4O4. The molecule has 6 atom stereocenters. The van der Waals surface area contributed by atoms with Gasteiger partial charge in [-0.2, -0.15) is 0 Å². The van der Waals surface area contributed by atoms with Crippen LogP contribution in [0.3, 0.4) is 0 Å². The number of carbonyl (C=O) groups is 4. The lowest BCUT2D eigenvalue weighted by atomic mass is 9.49. The van der Waals surface area contributed by atoms with Crippen LogP contribution in [-0.2, 0) is 42.8 Å². The van der Waals surface area contributed by atoms with Gasteiger partial charge in [-0.15, -0.1) is 0 Å². The molecule has 1 unspecified atom stereocenters. The van der Waals surface area contributed by atoms with Gasteiger partial charge in [-0.1, -0.05) is 59.6 Å².